The highest BCUT2D eigenvalue weighted by atomic mass is 15.4. The number of unbranched alkanes of at least 4 members (excludes halogenated alkanes) is 2. The van der Waals surface area contributed by atoms with Crippen LogP contribution in [0.25, 0.3) is 0 Å². The summed E-state index contributed by atoms with van der Waals surface area (Å²) in [5.41, 5.74) is 2.84. The van der Waals surface area contributed by atoms with Crippen molar-refractivity contribution in [1.29, 1.82) is 0 Å². The molecule has 0 radical (unpaired) electrons. The first kappa shape index (κ1) is 18.7. The zero-order valence-electron chi connectivity index (χ0n) is 16.2. The molecule has 4 nitrogen and oxygen atoms in total. The normalized spacial score (nSPS) is 26.2. The monoisotopic (exact) mass is 352 g/mol. The molecule has 2 atom stereocenters. The van der Waals surface area contributed by atoms with E-state index in [1.807, 2.05) is 12.4 Å². The number of nitrogens with zero attached hydrogens (tertiary/aromatic N) is 4. The molecular weight excluding hydrogens is 320 g/mol. The predicted molar refractivity (Wildman–Crippen MR) is 109 cm³/mol. The molecule has 4 heteroatoms. The van der Waals surface area contributed by atoms with Gasteiger partial charge in [0.15, 0.2) is 12.7 Å². The lowest BCUT2D eigenvalue weighted by Gasteiger charge is -2.31. The standard InChI is InChI=1S/C22H32N4/c1-3-5-13-25(15-11-23-19-25)17-21-9-7-8-10-22(21)18-26(14-6-4-2)16-12-24-20-26/h7-12,15-16,19-20H,3-6,13-14,17-18H2,1-2H3/q+2. The Hall–Kier alpha value is -2.04. The van der Waals surface area contributed by atoms with Crippen LogP contribution in [0.2, 0.25) is 0 Å². The Morgan fingerprint density at radius 2 is 1.19 bits per heavy atom. The first-order chi connectivity index (χ1) is 12.7. The quantitative estimate of drug-likeness (QED) is 0.533. The second-order valence-electron chi connectivity index (χ2n) is 7.57. The average molecular weight is 353 g/mol. The summed E-state index contributed by atoms with van der Waals surface area (Å²) < 4.78 is 1.67. The highest BCUT2D eigenvalue weighted by Gasteiger charge is 2.30. The van der Waals surface area contributed by atoms with Crippen molar-refractivity contribution in [3.05, 3.63) is 60.2 Å². The van der Waals surface area contributed by atoms with Gasteiger partial charge in [0.05, 0.1) is 25.5 Å². The van der Waals surface area contributed by atoms with Crippen LogP contribution < -0.4 is 0 Å². The minimum Gasteiger partial charge on any atom is -0.250 e. The van der Waals surface area contributed by atoms with Crippen LogP contribution in [0.15, 0.2) is 59.1 Å². The lowest BCUT2D eigenvalue weighted by Crippen LogP contribution is -2.42. The van der Waals surface area contributed by atoms with E-state index in [0.717, 1.165) is 35.1 Å². The smallest absolute Gasteiger partial charge is 0.195 e. The molecule has 26 heavy (non-hydrogen) atoms. The second kappa shape index (κ2) is 8.56. The molecule has 0 saturated carbocycles. The minimum absolute atomic E-state index is 0.837. The highest BCUT2D eigenvalue weighted by molar-refractivity contribution is 5.52. The average Bonchev–Trinajstić information content (AvgIpc) is 3.31. The summed E-state index contributed by atoms with van der Waals surface area (Å²) in [7, 11) is 0. The van der Waals surface area contributed by atoms with Crippen LogP contribution in [0, 0.1) is 0 Å². The van der Waals surface area contributed by atoms with Crippen LogP contribution in [0.1, 0.15) is 50.7 Å². The zero-order valence-corrected chi connectivity index (χ0v) is 16.2. The van der Waals surface area contributed by atoms with Crippen molar-refractivity contribution in [2.75, 3.05) is 13.1 Å². The number of quaternary nitrogens is 2. The van der Waals surface area contributed by atoms with Gasteiger partial charge in [0.2, 0.25) is 0 Å². The Morgan fingerprint density at radius 3 is 1.54 bits per heavy atom. The third-order valence-electron chi connectivity index (χ3n) is 5.40. The van der Waals surface area contributed by atoms with Gasteiger partial charge in [-0.15, -0.1) is 0 Å². The van der Waals surface area contributed by atoms with Crippen LogP contribution in [0.3, 0.4) is 0 Å². The largest absolute Gasteiger partial charge is 0.250 e. The van der Waals surface area contributed by atoms with Crippen molar-refractivity contribution in [3.8, 4) is 0 Å². The van der Waals surface area contributed by atoms with E-state index in [2.05, 4.69) is 73.2 Å². The van der Waals surface area contributed by atoms with Crippen LogP contribution >= 0.6 is 0 Å². The first-order valence-electron chi connectivity index (χ1n) is 9.95. The van der Waals surface area contributed by atoms with Gasteiger partial charge in [-0.2, -0.15) is 0 Å². The lowest BCUT2D eigenvalue weighted by atomic mass is 10.0. The molecular formula is C22H32N4+2. The summed E-state index contributed by atoms with van der Waals surface area (Å²) in [5.74, 6) is 0. The summed E-state index contributed by atoms with van der Waals surface area (Å²) in [6.07, 6.45) is 17.4. The molecule has 0 bridgehead atoms. The fourth-order valence-electron chi connectivity index (χ4n) is 3.78. The van der Waals surface area contributed by atoms with Gasteiger partial charge in [-0.1, -0.05) is 51.0 Å². The zero-order chi connectivity index (χ0) is 18.3. The molecule has 0 saturated heterocycles. The van der Waals surface area contributed by atoms with Crippen molar-refractivity contribution < 1.29 is 8.97 Å². The van der Waals surface area contributed by atoms with E-state index >= 15 is 0 Å². The molecule has 0 fully saturated rings. The molecule has 0 aliphatic carbocycles. The molecule has 0 N–H and O–H groups in total. The number of aliphatic imine (C=N–C) groups is 2. The predicted octanol–water partition coefficient (Wildman–Crippen LogP) is 4.95. The van der Waals surface area contributed by atoms with E-state index in [4.69, 9.17) is 0 Å². The molecule has 138 valence electrons. The van der Waals surface area contributed by atoms with Crippen molar-refractivity contribution >= 4 is 12.7 Å². The highest BCUT2D eigenvalue weighted by Crippen LogP contribution is 2.25. The van der Waals surface area contributed by atoms with Gasteiger partial charge in [-0.25, -0.2) is 19.0 Å². The van der Waals surface area contributed by atoms with Gasteiger partial charge in [0.1, 0.15) is 25.5 Å². The fourth-order valence-corrected chi connectivity index (χ4v) is 3.78. The molecule has 2 aliphatic heterocycles. The number of hydrogen-bond acceptors (Lipinski definition) is 2. The van der Waals surface area contributed by atoms with E-state index in [1.165, 1.54) is 36.8 Å². The first-order valence-corrected chi connectivity index (χ1v) is 9.95. The molecule has 0 amide bonds. The Bertz CT molecular complexity index is 630. The molecule has 2 aliphatic rings. The van der Waals surface area contributed by atoms with E-state index in [9.17, 15) is 0 Å². The van der Waals surface area contributed by atoms with Gasteiger partial charge in [0.25, 0.3) is 0 Å². The Morgan fingerprint density at radius 1 is 0.731 bits per heavy atom. The maximum atomic E-state index is 4.40. The molecule has 2 heterocycles. The van der Waals surface area contributed by atoms with E-state index in [-0.39, 0.29) is 0 Å². The summed E-state index contributed by atoms with van der Waals surface area (Å²) in [6.45, 7) is 8.68. The maximum Gasteiger partial charge on any atom is 0.195 e. The molecule has 1 aromatic carbocycles. The van der Waals surface area contributed by atoms with E-state index in [0.29, 0.717) is 0 Å². The van der Waals surface area contributed by atoms with Crippen LogP contribution in [0.5, 0.6) is 0 Å². The van der Waals surface area contributed by atoms with Crippen LogP contribution in [-0.4, -0.2) is 34.7 Å². The molecule has 3 rings (SSSR count). The number of rotatable bonds is 10. The van der Waals surface area contributed by atoms with Crippen molar-refractivity contribution in [2.24, 2.45) is 9.98 Å². The third kappa shape index (κ3) is 4.37. The van der Waals surface area contributed by atoms with Crippen LogP contribution in [-0.2, 0) is 13.1 Å². The van der Waals surface area contributed by atoms with Gasteiger partial charge >= 0.3 is 0 Å². The summed E-state index contributed by atoms with van der Waals surface area (Å²) >= 11 is 0. The second-order valence-corrected chi connectivity index (χ2v) is 7.57. The lowest BCUT2D eigenvalue weighted by molar-refractivity contribution is -0.798. The van der Waals surface area contributed by atoms with Crippen molar-refractivity contribution in [1.82, 2.24) is 0 Å². The third-order valence-corrected chi connectivity index (χ3v) is 5.40. The maximum absolute atomic E-state index is 4.40. The number of benzene rings is 1. The van der Waals surface area contributed by atoms with E-state index in [1.54, 1.807) is 0 Å². The number of hydrogen-bond donors (Lipinski definition) is 0. The van der Waals surface area contributed by atoms with Gasteiger partial charge in [-0.05, 0) is 12.8 Å². The van der Waals surface area contributed by atoms with Gasteiger partial charge in [-0.3, -0.25) is 0 Å². The fraction of sp³-hybridized carbons (Fsp3) is 0.455. The van der Waals surface area contributed by atoms with Crippen LogP contribution in [0.4, 0.5) is 0 Å². The van der Waals surface area contributed by atoms with Gasteiger partial charge in [0, 0.05) is 11.1 Å². The Kier molecular flexibility index (Phi) is 6.17. The van der Waals surface area contributed by atoms with E-state index < -0.39 is 0 Å². The Labute approximate surface area is 158 Å². The summed E-state index contributed by atoms with van der Waals surface area (Å²) in [5, 5.41) is 0. The SMILES string of the molecule is CCCC[N+]1(Cc2ccccc2C[N+]2(CCCC)C=CN=C2)C=CN=C1. The summed E-state index contributed by atoms with van der Waals surface area (Å²) in [4.78, 5) is 8.81. The molecule has 1 aromatic rings. The van der Waals surface area contributed by atoms with Crippen molar-refractivity contribution in [2.45, 2.75) is 52.6 Å². The molecule has 2 unspecified atom stereocenters. The molecule has 0 aromatic heterocycles. The minimum atomic E-state index is 0.837. The van der Waals surface area contributed by atoms with Crippen molar-refractivity contribution in [3.63, 3.8) is 0 Å². The van der Waals surface area contributed by atoms with Gasteiger partial charge < -0.3 is 0 Å². The Balaban J connectivity index is 1.82. The summed E-state index contributed by atoms with van der Waals surface area (Å²) in [6, 6.07) is 8.90. The molecule has 0 spiro atoms. The topological polar surface area (TPSA) is 24.7 Å².